The van der Waals surface area contributed by atoms with Crippen LogP contribution in [0.3, 0.4) is 0 Å². The van der Waals surface area contributed by atoms with Crippen LogP contribution in [0.1, 0.15) is 27.3 Å². The van der Waals surface area contributed by atoms with E-state index >= 15 is 0 Å². The topological polar surface area (TPSA) is 61.1 Å². The number of hydrogen-bond donors (Lipinski definition) is 1. The fourth-order valence-corrected chi connectivity index (χ4v) is 3.15. The number of ether oxygens (including phenoxy) is 1. The van der Waals surface area contributed by atoms with Gasteiger partial charge >= 0.3 is 0 Å². The second-order valence-electron chi connectivity index (χ2n) is 6.60. The summed E-state index contributed by atoms with van der Waals surface area (Å²) in [6.45, 7) is 4.81. The molecule has 144 valence electrons. The van der Waals surface area contributed by atoms with E-state index in [-0.39, 0.29) is 12.5 Å². The molecule has 2 aromatic heterocycles. The van der Waals surface area contributed by atoms with Gasteiger partial charge in [-0.25, -0.2) is 0 Å². The number of carbonyl (C=O) groups excluding carboxylic acids is 1. The van der Waals surface area contributed by atoms with Crippen molar-refractivity contribution in [2.75, 3.05) is 13.2 Å². The third kappa shape index (κ3) is 4.09. The number of terminal acetylenes is 1. The van der Waals surface area contributed by atoms with E-state index in [0.29, 0.717) is 12.1 Å². The van der Waals surface area contributed by atoms with Crippen LogP contribution in [0.5, 0.6) is 5.75 Å². The van der Waals surface area contributed by atoms with Crippen LogP contribution in [0.25, 0.3) is 5.82 Å². The third-order valence-corrected chi connectivity index (χ3v) is 4.58. The fraction of sp³-hybridized carbons (Fsp3) is 0.273. The molecule has 0 saturated carbocycles. The monoisotopic (exact) mass is 376 g/mol. The number of hydrogen-bond acceptors (Lipinski definition) is 3. The van der Waals surface area contributed by atoms with Crippen molar-refractivity contribution in [2.24, 2.45) is 7.05 Å². The number of nitrogens with one attached hydrogen (secondary N) is 1. The number of aromatic nitrogens is 3. The number of amides is 1. The van der Waals surface area contributed by atoms with E-state index in [9.17, 15) is 4.79 Å². The summed E-state index contributed by atoms with van der Waals surface area (Å²) in [5.41, 5.74) is 3.78. The van der Waals surface area contributed by atoms with Crippen molar-refractivity contribution in [1.29, 1.82) is 0 Å². The summed E-state index contributed by atoms with van der Waals surface area (Å²) in [4.78, 5) is 12.7. The average Bonchev–Trinajstić information content (AvgIpc) is 3.22. The third-order valence-electron chi connectivity index (χ3n) is 4.58. The molecule has 3 rings (SSSR count). The molecule has 3 aromatic rings. The molecule has 1 N–H and O–H groups in total. The first-order chi connectivity index (χ1) is 13.5. The smallest absolute Gasteiger partial charge is 0.256 e. The molecule has 0 aliphatic rings. The van der Waals surface area contributed by atoms with Crippen LogP contribution >= 0.6 is 0 Å². The SMILES string of the molecule is C#CCOc1ccc(CCNC(=O)c2cnn(C)c2-n2c(C)ccc2C)cc1. The number of carbonyl (C=O) groups is 1. The number of nitrogens with zero attached hydrogens (tertiary/aromatic N) is 3. The van der Waals surface area contributed by atoms with Crippen molar-refractivity contribution in [3.63, 3.8) is 0 Å². The molecule has 0 fully saturated rings. The Labute approximate surface area is 165 Å². The molecule has 0 bridgehead atoms. The van der Waals surface area contributed by atoms with Crippen molar-refractivity contribution in [2.45, 2.75) is 20.3 Å². The van der Waals surface area contributed by atoms with Crippen LogP contribution < -0.4 is 10.1 Å². The van der Waals surface area contributed by atoms with Gasteiger partial charge in [-0.1, -0.05) is 18.1 Å². The minimum atomic E-state index is -0.135. The molecule has 1 amide bonds. The molecule has 0 atom stereocenters. The lowest BCUT2D eigenvalue weighted by Gasteiger charge is -2.12. The molecule has 0 aliphatic carbocycles. The molecular weight excluding hydrogens is 352 g/mol. The lowest BCUT2D eigenvalue weighted by molar-refractivity contribution is 0.0954. The predicted molar refractivity (Wildman–Crippen MR) is 109 cm³/mol. The van der Waals surface area contributed by atoms with Crippen molar-refractivity contribution < 1.29 is 9.53 Å². The largest absolute Gasteiger partial charge is 0.481 e. The summed E-state index contributed by atoms with van der Waals surface area (Å²) in [7, 11) is 1.84. The van der Waals surface area contributed by atoms with E-state index in [1.807, 2.05) is 61.9 Å². The molecular formula is C22H24N4O2. The highest BCUT2D eigenvalue weighted by atomic mass is 16.5. The van der Waals surface area contributed by atoms with E-state index < -0.39 is 0 Å². The van der Waals surface area contributed by atoms with Gasteiger partial charge < -0.3 is 14.6 Å². The van der Waals surface area contributed by atoms with Crippen LogP contribution in [0, 0.1) is 26.2 Å². The number of benzene rings is 1. The zero-order valence-corrected chi connectivity index (χ0v) is 16.4. The van der Waals surface area contributed by atoms with E-state index in [1.165, 1.54) is 0 Å². The molecule has 0 saturated heterocycles. The van der Waals surface area contributed by atoms with E-state index in [2.05, 4.69) is 16.3 Å². The van der Waals surface area contributed by atoms with Crippen molar-refractivity contribution in [3.05, 3.63) is 65.1 Å². The zero-order valence-electron chi connectivity index (χ0n) is 16.4. The molecule has 0 aliphatic heterocycles. The Morgan fingerprint density at radius 1 is 1.18 bits per heavy atom. The van der Waals surface area contributed by atoms with Crippen LogP contribution in [0.15, 0.2) is 42.6 Å². The van der Waals surface area contributed by atoms with E-state index in [1.54, 1.807) is 10.9 Å². The van der Waals surface area contributed by atoms with Gasteiger partial charge in [-0.2, -0.15) is 5.10 Å². The molecule has 6 nitrogen and oxygen atoms in total. The summed E-state index contributed by atoms with van der Waals surface area (Å²) in [5.74, 6) is 3.81. The summed E-state index contributed by atoms with van der Waals surface area (Å²) in [6, 6.07) is 11.8. The lowest BCUT2D eigenvalue weighted by atomic mass is 10.1. The van der Waals surface area contributed by atoms with Gasteiger partial charge in [0.2, 0.25) is 0 Å². The average molecular weight is 376 g/mol. The van der Waals surface area contributed by atoms with E-state index in [0.717, 1.165) is 34.9 Å². The summed E-state index contributed by atoms with van der Waals surface area (Å²) in [6.07, 6.45) is 7.52. The Bertz CT molecular complexity index is 987. The van der Waals surface area contributed by atoms with Gasteiger partial charge in [-0.05, 0) is 50.1 Å². The maximum atomic E-state index is 12.7. The molecule has 0 unspecified atom stereocenters. The zero-order chi connectivity index (χ0) is 20.1. The molecule has 28 heavy (non-hydrogen) atoms. The summed E-state index contributed by atoms with van der Waals surface area (Å²) >= 11 is 0. The Morgan fingerprint density at radius 3 is 2.50 bits per heavy atom. The van der Waals surface area contributed by atoms with Crippen molar-refractivity contribution >= 4 is 5.91 Å². The molecule has 0 radical (unpaired) electrons. The van der Waals surface area contributed by atoms with Crippen LogP contribution in [0.2, 0.25) is 0 Å². The van der Waals surface area contributed by atoms with Crippen LogP contribution in [-0.2, 0) is 13.5 Å². The second kappa shape index (κ2) is 8.49. The maximum Gasteiger partial charge on any atom is 0.256 e. The van der Waals surface area contributed by atoms with Gasteiger partial charge in [-0.15, -0.1) is 6.42 Å². The first kappa shape index (κ1) is 19.3. The van der Waals surface area contributed by atoms with Gasteiger partial charge in [0.1, 0.15) is 23.7 Å². The van der Waals surface area contributed by atoms with E-state index in [4.69, 9.17) is 11.2 Å². The fourth-order valence-electron chi connectivity index (χ4n) is 3.15. The highest BCUT2D eigenvalue weighted by Gasteiger charge is 2.19. The Morgan fingerprint density at radius 2 is 1.86 bits per heavy atom. The van der Waals surface area contributed by atoms with Gasteiger partial charge in [0.15, 0.2) is 0 Å². The highest BCUT2D eigenvalue weighted by molar-refractivity contribution is 5.97. The highest BCUT2D eigenvalue weighted by Crippen LogP contribution is 2.20. The van der Waals surface area contributed by atoms with Crippen molar-refractivity contribution in [1.82, 2.24) is 19.7 Å². The number of rotatable bonds is 7. The van der Waals surface area contributed by atoms with Gasteiger partial charge in [0, 0.05) is 25.0 Å². The number of aryl methyl sites for hydroxylation is 3. The first-order valence-corrected chi connectivity index (χ1v) is 9.12. The maximum absolute atomic E-state index is 12.7. The minimum absolute atomic E-state index is 0.135. The quantitative estimate of drug-likeness (QED) is 0.645. The van der Waals surface area contributed by atoms with Crippen molar-refractivity contribution in [3.8, 4) is 23.9 Å². The molecule has 0 spiro atoms. The van der Waals surface area contributed by atoms with Gasteiger partial charge in [0.05, 0.1) is 6.20 Å². The predicted octanol–water partition coefficient (Wildman–Crippen LogP) is 2.81. The molecule has 6 heteroatoms. The van der Waals surface area contributed by atoms with Gasteiger partial charge in [0.25, 0.3) is 5.91 Å². The van der Waals surface area contributed by atoms with Gasteiger partial charge in [-0.3, -0.25) is 9.48 Å². The Balaban J connectivity index is 1.64. The molecule has 1 aromatic carbocycles. The standard InChI is InChI=1S/C22H24N4O2/c1-5-14-28-19-10-8-18(9-11-19)12-13-23-21(27)20-15-24-25(4)22(20)26-16(2)6-7-17(26)3/h1,6-11,15H,12-14H2,2-4H3,(H,23,27). The first-order valence-electron chi connectivity index (χ1n) is 9.12. The minimum Gasteiger partial charge on any atom is -0.481 e. The lowest BCUT2D eigenvalue weighted by Crippen LogP contribution is -2.27. The second-order valence-corrected chi connectivity index (χ2v) is 6.60. The normalized spacial score (nSPS) is 10.5. The summed E-state index contributed by atoms with van der Waals surface area (Å²) in [5, 5.41) is 7.27. The molecule has 2 heterocycles. The van der Waals surface area contributed by atoms with Crippen LogP contribution in [0.4, 0.5) is 0 Å². The Hall–Kier alpha value is -3.46. The summed E-state index contributed by atoms with van der Waals surface area (Å²) < 4.78 is 9.13. The van der Waals surface area contributed by atoms with Crippen LogP contribution in [-0.4, -0.2) is 33.4 Å². The Kier molecular flexibility index (Phi) is 5.85.